The number of hydrogen-bond acceptors (Lipinski definition) is 4. The summed E-state index contributed by atoms with van der Waals surface area (Å²) in [6, 6.07) is 4.60. The van der Waals surface area contributed by atoms with E-state index in [0.29, 0.717) is 27.2 Å². The average molecular weight is 446 g/mol. The summed E-state index contributed by atoms with van der Waals surface area (Å²) >= 11 is 16.7. The first-order valence-corrected chi connectivity index (χ1v) is 9.47. The number of allylic oxidation sites excluding steroid dienone is 1. The highest BCUT2D eigenvalue weighted by Gasteiger charge is 2.50. The molecule has 3 heterocycles. The molecule has 9 heteroatoms. The molecule has 0 aromatic heterocycles. The first kappa shape index (κ1) is 17.1. The zero-order chi connectivity index (χ0) is 17.6. The first-order valence-electron chi connectivity index (χ1n) is 7.84. The lowest BCUT2D eigenvalue weighted by atomic mass is 10.0. The fourth-order valence-electron chi connectivity index (χ4n) is 3.22. The van der Waals surface area contributed by atoms with Gasteiger partial charge >= 0.3 is 5.96 Å². The van der Waals surface area contributed by atoms with Crippen LogP contribution in [0.3, 0.4) is 0 Å². The fourth-order valence-corrected chi connectivity index (χ4v) is 4.22. The van der Waals surface area contributed by atoms with Gasteiger partial charge in [-0.05, 0) is 30.1 Å². The number of halogens is 4. The molecule has 1 unspecified atom stereocenters. The quantitative estimate of drug-likeness (QED) is 0.492. The Morgan fingerprint density at radius 3 is 2.76 bits per heavy atom. The minimum absolute atomic E-state index is 0.281. The molecular weight excluding hydrogens is 432 g/mol. The number of alkyl halides is 1. The summed E-state index contributed by atoms with van der Waals surface area (Å²) in [6.07, 6.45) is 4.85. The zero-order valence-corrected chi connectivity index (χ0v) is 16.1. The molecule has 130 valence electrons. The van der Waals surface area contributed by atoms with E-state index >= 15 is 0 Å². The predicted molar refractivity (Wildman–Crippen MR) is 102 cm³/mol. The zero-order valence-electron chi connectivity index (χ0n) is 13.0. The summed E-state index contributed by atoms with van der Waals surface area (Å²) in [4.78, 5) is 11.0. The van der Waals surface area contributed by atoms with Crippen molar-refractivity contribution in [2.24, 2.45) is 15.1 Å². The van der Waals surface area contributed by atoms with Crippen molar-refractivity contribution >= 4 is 63.4 Å². The van der Waals surface area contributed by atoms with Crippen LogP contribution in [-0.4, -0.2) is 45.4 Å². The van der Waals surface area contributed by atoms with Crippen LogP contribution in [0.1, 0.15) is 18.4 Å². The van der Waals surface area contributed by atoms with Crippen molar-refractivity contribution in [3.8, 4) is 0 Å². The van der Waals surface area contributed by atoms with Crippen LogP contribution in [0.25, 0.3) is 5.57 Å². The van der Waals surface area contributed by atoms with Gasteiger partial charge in [-0.2, -0.15) is 9.98 Å². The number of fused-ring (bicyclic) bond motifs is 1. The van der Waals surface area contributed by atoms with Gasteiger partial charge in [-0.1, -0.05) is 33.6 Å². The minimum Gasteiger partial charge on any atom is -0.323 e. The summed E-state index contributed by atoms with van der Waals surface area (Å²) in [7, 11) is 0. The van der Waals surface area contributed by atoms with Crippen LogP contribution in [0, 0.1) is 5.82 Å². The summed E-state index contributed by atoms with van der Waals surface area (Å²) in [5.41, 5.74) is 0.812. The van der Waals surface area contributed by atoms with Crippen molar-refractivity contribution in [1.29, 1.82) is 0 Å². The highest BCUT2D eigenvalue weighted by molar-refractivity contribution is 9.09. The lowest BCUT2D eigenvalue weighted by Gasteiger charge is -2.36. The fraction of sp³-hybridized carbons (Fsp3) is 0.312. The molecule has 0 spiro atoms. The van der Waals surface area contributed by atoms with Gasteiger partial charge in [-0.15, -0.1) is 0 Å². The maximum atomic E-state index is 14.6. The number of guanidine groups is 1. The number of rotatable bonds is 2. The van der Waals surface area contributed by atoms with Crippen molar-refractivity contribution in [3.63, 3.8) is 0 Å². The SMILES string of the molecule is Fc1cccc(Cl)c1C1=C(N2CCC(Br)CC2)[N+]2(Cl)N=CN=C2N=C1. The van der Waals surface area contributed by atoms with Crippen LogP contribution in [-0.2, 0) is 0 Å². The molecule has 0 amide bonds. The predicted octanol–water partition coefficient (Wildman–Crippen LogP) is 4.37. The first-order chi connectivity index (χ1) is 12.0. The highest BCUT2D eigenvalue weighted by Crippen LogP contribution is 2.41. The van der Waals surface area contributed by atoms with E-state index in [1.807, 2.05) is 0 Å². The van der Waals surface area contributed by atoms with Gasteiger partial charge in [-0.25, -0.2) is 4.39 Å². The maximum absolute atomic E-state index is 14.6. The molecule has 1 atom stereocenters. The monoisotopic (exact) mass is 444 g/mol. The van der Waals surface area contributed by atoms with Gasteiger partial charge < -0.3 is 4.90 Å². The summed E-state index contributed by atoms with van der Waals surface area (Å²) in [6.45, 7) is 1.54. The Morgan fingerprint density at radius 1 is 1.28 bits per heavy atom. The molecule has 0 saturated carbocycles. The van der Waals surface area contributed by atoms with E-state index in [0.717, 1.165) is 25.9 Å². The number of likely N-dealkylation sites (tertiary alicyclic amines) is 1. The molecule has 0 aliphatic carbocycles. The van der Waals surface area contributed by atoms with E-state index in [1.54, 1.807) is 18.3 Å². The second kappa shape index (κ2) is 6.46. The third-order valence-corrected chi connectivity index (χ3v) is 6.07. The summed E-state index contributed by atoms with van der Waals surface area (Å²) < 4.78 is 14.1. The Bertz CT molecular complexity index is 825. The van der Waals surface area contributed by atoms with E-state index in [1.165, 1.54) is 12.4 Å². The van der Waals surface area contributed by atoms with E-state index in [4.69, 9.17) is 23.4 Å². The molecule has 25 heavy (non-hydrogen) atoms. The molecule has 1 aromatic carbocycles. The van der Waals surface area contributed by atoms with Crippen LogP contribution < -0.4 is 0 Å². The molecule has 1 aromatic rings. The van der Waals surface area contributed by atoms with Gasteiger partial charge in [0.15, 0.2) is 6.34 Å². The molecule has 0 N–H and O–H groups in total. The number of nitrogens with zero attached hydrogens (tertiary/aromatic N) is 5. The van der Waals surface area contributed by atoms with Gasteiger partial charge in [0.05, 0.1) is 16.8 Å². The van der Waals surface area contributed by atoms with Crippen LogP contribution in [0.4, 0.5) is 4.39 Å². The normalized spacial score (nSPS) is 26.2. The Kier molecular flexibility index (Phi) is 4.43. The van der Waals surface area contributed by atoms with Crippen LogP contribution >= 0.6 is 39.3 Å². The Labute approximate surface area is 163 Å². The third kappa shape index (κ3) is 2.83. The van der Waals surface area contributed by atoms with Gasteiger partial charge in [0, 0.05) is 27.6 Å². The van der Waals surface area contributed by atoms with E-state index in [2.05, 4.69) is 35.9 Å². The Morgan fingerprint density at radius 2 is 2.04 bits per heavy atom. The van der Waals surface area contributed by atoms with Crippen LogP contribution in [0.5, 0.6) is 0 Å². The smallest absolute Gasteiger partial charge is 0.323 e. The van der Waals surface area contributed by atoms with Crippen molar-refractivity contribution in [2.45, 2.75) is 17.7 Å². The largest absolute Gasteiger partial charge is 0.383 e. The van der Waals surface area contributed by atoms with Crippen LogP contribution in [0.15, 0.2) is 39.1 Å². The molecule has 1 saturated heterocycles. The standard InChI is InChI=1S/C16H14BrCl2FN5/c17-10-4-6-24(7-5-10)15-11(14-12(18)2-1-3-13(14)20)8-21-16-22-9-23-25(15,16)19/h1-3,8-10H,4-7H2/q+1. The van der Waals surface area contributed by atoms with Crippen molar-refractivity contribution < 1.29 is 8.50 Å². The van der Waals surface area contributed by atoms with Gasteiger partial charge in [0.1, 0.15) is 5.82 Å². The van der Waals surface area contributed by atoms with E-state index in [-0.39, 0.29) is 5.56 Å². The number of piperidine rings is 1. The van der Waals surface area contributed by atoms with Crippen molar-refractivity contribution in [3.05, 3.63) is 40.4 Å². The van der Waals surface area contributed by atoms with Crippen molar-refractivity contribution in [1.82, 2.24) is 4.90 Å². The lowest BCUT2D eigenvalue weighted by molar-refractivity contribution is -0.692. The highest BCUT2D eigenvalue weighted by atomic mass is 79.9. The molecule has 0 radical (unpaired) electrons. The number of quaternary nitrogens is 1. The van der Waals surface area contributed by atoms with Gasteiger partial charge in [0.25, 0.3) is 5.82 Å². The third-order valence-electron chi connectivity index (χ3n) is 4.44. The lowest BCUT2D eigenvalue weighted by Crippen LogP contribution is -2.48. The molecule has 4 rings (SSSR count). The number of hydrogen-bond donors (Lipinski definition) is 0. The average Bonchev–Trinajstić information content (AvgIpc) is 2.97. The Balaban J connectivity index is 1.92. The molecular formula is C16H14BrCl2FN5+. The second-order valence-corrected chi connectivity index (χ2v) is 8.16. The minimum atomic E-state index is -0.441. The van der Waals surface area contributed by atoms with Gasteiger partial charge in [0.2, 0.25) is 11.8 Å². The van der Waals surface area contributed by atoms with Crippen LogP contribution in [0.2, 0.25) is 5.02 Å². The molecule has 3 aliphatic rings. The molecule has 5 nitrogen and oxygen atoms in total. The number of aliphatic imine (C=N–C) groups is 2. The topological polar surface area (TPSA) is 40.3 Å². The summed E-state index contributed by atoms with van der Waals surface area (Å²) in [5, 5.41) is 4.59. The Hall–Kier alpha value is -1.28. The van der Waals surface area contributed by atoms with E-state index < -0.39 is 9.93 Å². The maximum Gasteiger partial charge on any atom is 0.383 e. The van der Waals surface area contributed by atoms with Gasteiger partial charge in [-0.3, -0.25) is 0 Å². The second-order valence-electron chi connectivity index (χ2n) is 5.97. The van der Waals surface area contributed by atoms with Crippen molar-refractivity contribution in [2.75, 3.05) is 13.1 Å². The number of benzene rings is 1. The molecule has 0 bridgehead atoms. The summed E-state index contributed by atoms with van der Waals surface area (Å²) in [5.74, 6) is 0.554. The van der Waals surface area contributed by atoms with E-state index in [9.17, 15) is 4.39 Å². The molecule has 3 aliphatic heterocycles. The molecule has 1 fully saturated rings.